The van der Waals surface area contributed by atoms with Crippen LogP contribution < -0.4 is 10.5 Å². The summed E-state index contributed by atoms with van der Waals surface area (Å²) in [4.78, 5) is 4.03. The summed E-state index contributed by atoms with van der Waals surface area (Å²) < 4.78 is 10.1. The number of aromatic nitrogens is 1. The van der Waals surface area contributed by atoms with Crippen LogP contribution >= 0.6 is 0 Å². The van der Waals surface area contributed by atoms with Crippen molar-refractivity contribution in [3.8, 4) is 5.88 Å². The zero-order chi connectivity index (χ0) is 11.5. The van der Waals surface area contributed by atoms with Crippen molar-refractivity contribution in [3.05, 3.63) is 23.9 Å². The average molecular weight is 220 g/mol. The highest BCUT2D eigenvalue weighted by molar-refractivity contribution is 5.97. The summed E-state index contributed by atoms with van der Waals surface area (Å²) in [7, 11) is 0. The maximum absolute atomic E-state index is 7.46. The molecule has 6 nitrogen and oxygen atoms in total. The average Bonchev–Trinajstić information content (AvgIpc) is 3.01. The highest BCUT2D eigenvalue weighted by atomic mass is 16.5. The van der Waals surface area contributed by atoms with E-state index in [0.29, 0.717) is 17.5 Å². The Kier molecular flexibility index (Phi) is 2.72. The highest BCUT2D eigenvalue weighted by Gasteiger charge is 2.23. The summed E-state index contributed by atoms with van der Waals surface area (Å²) >= 11 is 0. The molecule has 0 atom stereocenters. The number of pyridine rings is 1. The summed E-state index contributed by atoms with van der Waals surface area (Å²) in [5, 5.41) is 14.3. The van der Waals surface area contributed by atoms with Crippen molar-refractivity contribution in [2.24, 2.45) is 5.73 Å². The molecule has 0 amide bonds. The number of nitrogens with zero attached hydrogens (tertiary/aromatic N) is 1. The predicted octanol–water partition coefficient (Wildman–Crippen LogP) is 0.858. The molecule has 0 saturated heterocycles. The van der Waals surface area contributed by atoms with Crippen LogP contribution in [-0.4, -0.2) is 23.0 Å². The third-order valence-electron chi connectivity index (χ3n) is 2.02. The lowest BCUT2D eigenvalue weighted by Crippen LogP contribution is -2.19. The van der Waals surface area contributed by atoms with Gasteiger partial charge in [-0.25, -0.2) is 4.98 Å². The molecule has 0 unspecified atom stereocenters. The summed E-state index contributed by atoms with van der Waals surface area (Å²) in [5.41, 5.74) is 5.47. The number of nitrogens with one attached hydrogen (secondary N) is 2. The van der Waals surface area contributed by atoms with Crippen molar-refractivity contribution >= 4 is 11.9 Å². The van der Waals surface area contributed by atoms with E-state index in [0.717, 1.165) is 12.8 Å². The maximum Gasteiger partial charge on any atom is 0.285 e. The molecule has 1 saturated carbocycles. The molecular formula is C10H12N4O2. The van der Waals surface area contributed by atoms with Crippen LogP contribution in [-0.2, 0) is 4.74 Å². The van der Waals surface area contributed by atoms with Crippen LogP contribution in [0.3, 0.4) is 0 Å². The van der Waals surface area contributed by atoms with Gasteiger partial charge in [0.2, 0.25) is 11.8 Å². The highest BCUT2D eigenvalue weighted by Crippen LogP contribution is 2.25. The van der Waals surface area contributed by atoms with E-state index < -0.39 is 6.02 Å². The SMILES string of the molecule is N=C(N)OC(=N)c1ccc(OC2CC2)nc1. The number of rotatable bonds is 3. The van der Waals surface area contributed by atoms with Gasteiger partial charge in [0.15, 0.2) is 0 Å². The molecule has 0 aliphatic heterocycles. The second-order valence-corrected chi connectivity index (χ2v) is 3.50. The van der Waals surface area contributed by atoms with Gasteiger partial charge >= 0.3 is 0 Å². The van der Waals surface area contributed by atoms with Crippen LogP contribution in [0, 0.1) is 10.8 Å². The Balaban J connectivity index is 2.00. The molecule has 0 spiro atoms. The Morgan fingerprint density at radius 3 is 2.62 bits per heavy atom. The number of ether oxygens (including phenoxy) is 2. The van der Waals surface area contributed by atoms with E-state index in [1.165, 1.54) is 6.20 Å². The van der Waals surface area contributed by atoms with Gasteiger partial charge in [0, 0.05) is 12.3 Å². The third-order valence-corrected chi connectivity index (χ3v) is 2.02. The van der Waals surface area contributed by atoms with Gasteiger partial charge in [-0.1, -0.05) is 0 Å². The Labute approximate surface area is 92.4 Å². The van der Waals surface area contributed by atoms with E-state index in [-0.39, 0.29) is 5.90 Å². The monoisotopic (exact) mass is 220 g/mol. The smallest absolute Gasteiger partial charge is 0.285 e. The Bertz CT molecular complexity index is 411. The second kappa shape index (κ2) is 4.18. The van der Waals surface area contributed by atoms with Gasteiger partial charge in [-0.05, 0) is 18.9 Å². The molecule has 0 radical (unpaired) electrons. The molecule has 2 rings (SSSR count). The zero-order valence-electron chi connectivity index (χ0n) is 8.56. The van der Waals surface area contributed by atoms with Gasteiger partial charge in [0.05, 0.1) is 5.56 Å². The Morgan fingerprint density at radius 1 is 1.38 bits per heavy atom. The van der Waals surface area contributed by atoms with Crippen molar-refractivity contribution in [3.63, 3.8) is 0 Å². The molecule has 1 aliphatic carbocycles. The maximum atomic E-state index is 7.46. The fourth-order valence-corrected chi connectivity index (χ4v) is 1.11. The summed E-state index contributed by atoms with van der Waals surface area (Å²) in [6, 6.07) is 2.81. The first-order valence-electron chi connectivity index (χ1n) is 4.88. The summed E-state index contributed by atoms with van der Waals surface area (Å²) in [6.45, 7) is 0. The number of hydrogen-bond donors (Lipinski definition) is 3. The molecule has 84 valence electrons. The van der Waals surface area contributed by atoms with Crippen molar-refractivity contribution in [2.75, 3.05) is 0 Å². The molecule has 1 heterocycles. The van der Waals surface area contributed by atoms with Gasteiger partial charge < -0.3 is 15.2 Å². The minimum absolute atomic E-state index is 0.196. The fourth-order valence-electron chi connectivity index (χ4n) is 1.11. The largest absolute Gasteiger partial charge is 0.474 e. The van der Waals surface area contributed by atoms with Gasteiger partial charge in [-0.15, -0.1) is 0 Å². The molecule has 6 heteroatoms. The molecular weight excluding hydrogens is 208 g/mol. The van der Waals surface area contributed by atoms with Gasteiger partial charge in [-0.3, -0.25) is 10.8 Å². The molecule has 1 aromatic heterocycles. The van der Waals surface area contributed by atoms with Crippen LogP contribution in [0.1, 0.15) is 18.4 Å². The minimum Gasteiger partial charge on any atom is -0.474 e. The summed E-state index contributed by atoms with van der Waals surface area (Å²) in [5.74, 6) is 0.347. The van der Waals surface area contributed by atoms with E-state index in [2.05, 4.69) is 9.72 Å². The van der Waals surface area contributed by atoms with Crippen molar-refractivity contribution in [2.45, 2.75) is 18.9 Å². The van der Waals surface area contributed by atoms with E-state index in [1.54, 1.807) is 12.1 Å². The lowest BCUT2D eigenvalue weighted by molar-refractivity contribution is 0.291. The molecule has 16 heavy (non-hydrogen) atoms. The van der Waals surface area contributed by atoms with Crippen molar-refractivity contribution < 1.29 is 9.47 Å². The van der Waals surface area contributed by atoms with Crippen molar-refractivity contribution in [1.29, 1.82) is 10.8 Å². The molecule has 1 aliphatic rings. The first kappa shape index (κ1) is 10.4. The van der Waals surface area contributed by atoms with Crippen LogP contribution in [0.25, 0.3) is 0 Å². The van der Waals surface area contributed by atoms with E-state index in [4.69, 9.17) is 21.3 Å². The van der Waals surface area contributed by atoms with Crippen LogP contribution in [0.2, 0.25) is 0 Å². The third kappa shape index (κ3) is 2.69. The molecule has 1 aromatic rings. The molecule has 0 aromatic carbocycles. The van der Waals surface area contributed by atoms with E-state index in [1.807, 2.05) is 0 Å². The van der Waals surface area contributed by atoms with Gasteiger partial charge in [0.1, 0.15) is 6.10 Å². The van der Waals surface area contributed by atoms with E-state index >= 15 is 0 Å². The zero-order valence-corrected chi connectivity index (χ0v) is 8.56. The number of amidine groups is 1. The predicted molar refractivity (Wildman–Crippen MR) is 57.7 cm³/mol. The number of nitrogens with two attached hydrogens (primary N) is 1. The van der Waals surface area contributed by atoms with E-state index in [9.17, 15) is 0 Å². The van der Waals surface area contributed by atoms with Crippen LogP contribution in [0.4, 0.5) is 0 Å². The quantitative estimate of drug-likeness (QED) is 0.518. The standard InChI is InChI=1S/C10H12N4O2/c11-9(16-10(12)13)6-1-4-8(14-5-6)15-7-2-3-7/h1,4-5,7,11H,2-3H2,(H3,12,13). The number of hydrogen-bond acceptors (Lipinski definition) is 5. The van der Waals surface area contributed by atoms with Crippen LogP contribution in [0.5, 0.6) is 5.88 Å². The lowest BCUT2D eigenvalue weighted by atomic mass is 10.3. The second-order valence-electron chi connectivity index (χ2n) is 3.50. The Morgan fingerprint density at radius 2 is 2.12 bits per heavy atom. The lowest BCUT2D eigenvalue weighted by Gasteiger charge is -2.05. The van der Waals surface area contributed by atoms with Gasteiger partial charge in [0.25, 0.3) is 6.02 Å². The van der Waals surface area contributed by atoms with Crippen LogP contribution in [0.15, 0.2) is 18.3 Å². The first-order chi connectivity index (χ1) is 7.65. The minimum atomic E-state index is -0.511. The van der Waals surface area contributed by atoms with Gasteiger partial charge in [-0.2, -0.15) is 0 Å². The van der Waals surface area contributed by atoms with Crippen molar-refractivity contribution in [1.82, 2.24) is 4.98 Å². The first-order valence-corrected chi connectivity index (χ1v) is 4.88. The molecule has 4 N–H and O–H groups in total. The fraction of sp³-hybridized carbons (Fsp3) is 0.300. The topological polar surface area (TPSA) is 105 Å². The normalized spacial score (nSPS) is 14.2. The molecule has 1 fully saturated rings. The summed E-state index contributed by atoms with van der Waals surface area (Å²) in [6.07, 6.45) is 3.91. The molecule has 0 bridgehead atoms. The Hall–Kier alpha value is -2.11.